The molecule has 0 radical (unpaired) electrons. The van der Waals surface area contributed by atoms with Gasteiger partial charge >= 0.3 is 0 Å². The summed E-state index contributed by atoms with van der Waals surface area (Å²) in [5.41, 5.74) is 3.04. The van der Waals surface area contributed by atoms with Crippen molar-refractivity contribution < 1.29 is 33.5 Å². The van der Waals surface area contributed by atoms with Crippen molar-refractivity contribution in [2.75, 3.05) is 20.3 Å². The Labute approximate surface area is 244 Å². The Morgan fingerprint density at radius 3 is 1.68 bits per heavy atom. The second-order valence-corrected chi connectivity index (χ2v) is 10.5. The van der Waals surface area contributed by atoms with E-state index in [1.54, 1.807) is 7.11 Å². The van der Waals surface area contributed by atoms with Crippen molar-refractivity contribution in [1.29, 1.82) is 0 Å². The van der Waals surface area contributed by atoms with Crippen molar-refractivity contribution in [3.8, 4) is 0 Å². The fourth-order valence-electron chi connectivity index (χ4n) is 5.22. The van der Waals surface area contributed by atoms with Crippen LogP contribution < -0.4 is 0 Å². The lowest BCUT2D eigenvalue weighted by atomic mass is 9.99. The number of ether oxygens (including phenoxy) is 6. The zero-order chi connectivity index (χ0) is 28.9. The molecule has 0 saturated carbocycles. The summed E-state index contributed by atoms with van der Waals surface area (Å²) in [6, 6.07) is 29.8. The molecule has 0 aliphatic carbocycles. The molecule has 0 aromatic heterocycles. The Balaban J connectivity index is 1.55. The highest BCUT2D eigenvalue weighted by Crippen LogP contribution is 2.32. The predicted molar refractivity (Wildman–Crippen MR) is 157 cm³/mol. The summed E-state index contributed by atoms with van der Waals surface area (Å²) in [6.45, 7) is 5.17. The third-order valence-corrected chi connectivity index (χ3v) is 7.59. The van der Waals surface area contributed by atoms with Crippen molar-refractivity contribution in [1.82, 2.24) is 0 Å². The summed E-state index contributed by atoms with van der Waals surface area (Å²) >= 11 is 0. The number of methoxy groups -OCH3 is 1. The minimum Gasteiger partial charge on any atom is -0.394 e. The van der Waals surface area contributed by atoms with Gasteiger partial charge in [-0.2, -0.15) is 0 Å². The monoisotopic (exact) mass is 564 g/mol. The molecule has 1 heterocycles. The van der Waals surface area contributed by atoms with E-state index in [0.717, 1.165) is 23.1 Å². The van der Waals surface area contributed by atoms with Gasteiger partial charge in [-0.15, -0.1) is 0 Å². The van der Waals surface area contributed by atoms with E-state index in [-0.39, 0.29) is 31.3 Å². The van der Waals surface area contributed by atoms with Gasteiger partial charge in [-0.05, 0) is 23.1 Å². The fraction of sp³-hybridized carbons (Fsp3) is 0.471. The number of aliphatic hydroxyl groups excluding tert-OH is 1. The highest BCUT2D eigenvalue weighted by atomic mass is 16.7. The van der Waals surface area contributed by atoms with Gasteiger partial charge in [-0.25, -0.2) is 0 Å². The normalized spacial score (nSPS) is 22.8. The van der Waals surface area contributed by atoms with Crippen molar-refractivity contribution in [3.05, 3.63) is 108 Å². The van der Waals surface area contributed by atoms with E-state index in [0.29, 0.717) is 19.8 Å². The molecule has 41 heavy (non-hydrogen) atoms. The number of hydrogen-bond acceptors (Lipinski definition) is 7. The minimum atomic E-state index is -0.659. The van der Waals surface area contributed by atoms with Gasteiger partial charge in [0.25, 0.3) is 0 Å². The van der Waals surface area contributed by atoms with Gasteiger partial charge in [0.05, 0.1) is 39.1 Å². The van der Waals surface area contributed by atoms with E-state index in [9.17, 15) is 5.11 Å². The lowest BCUT2D eigenvalue weighted by Gasteiger charge is -2.33. The van der Waals surface area contributed by atoms with Crippen molar-refractivity contribution in [3.63, 3.8) is 0 Å². The lowest BCUT2D eigenvalue weighted by Crippen LogP contribution is -2.47. The van der Waals surface area contributed by atoms with Crippen LogP contribution in [-0.2, 0) is 48.2 Å². The van der Waals surface area contributed by atoms with Crippen LogP contribution in [0.4, 0.5) is 0 Å². The SMILES string of the molecule is CC[C@H]1O[C@@H](OCC(OCc2ccccc2)C(OCc2ccccc2)C(CO)OCc2ccccc2)[C@@H](OC)C1C. The topological polar surface area (TPSA) is 75.6 Å². The summed E-state index contributed by atoms with van der Waals surface area (Å²) in [4.78, 5) is 0. The maximum absolute atomic E-state index is 10.5. The molecule has 1 aliphatic rings. The van der Waals surface area contributed by atoms with Gasteiger partial charge in [0.15, 0.2) is 6.29 Å². The molecule has 4 unspecified atom stereocenters. The molecule has 7 atom stereocenters. The Morgan fingerprint density at radius 1 is 0.732 bits per heavy atom. The average molecular weight is 565 g/mol. The van der Waals surface area contributed by atoms with Crippen LogP contribution in [0.2, 0.25) is 0 Å². The van der Waals surface area contributed by atoms with Crippen LogP contribution in [0.5, 0.6) is 0 Å². The smallest absolute Gasteiger partial charge is 0.184 e. The van der Waals surface area contributed by atoms with E-state index >= 15 is 0 Å². The molecule has 7 heteroatoms. The predicted octanol–water partition coefficient (Wildman–Crippen LogP) is 5.54. The van der Waals surface area contributed by atoms with Crippen LogP contribution in [0, 0.1) is 5.92 Å². The first-order valence-electron chi connectivity index (χ1n) is 14.5. The van der Waals surface area contributed by atoms with E-state index in [1.807, 2.05) is 91.0 Å². The zero-order valence-electron chi connectivity index (χ0n) is 24.3. The molecule has 1 fully saturated rings. The van der Waals surface area contributed by atoms with Crippen LogP contribution in [0.25, 0.3) is 0 Å². The van der Waals surface area contributed by atoms with Gasteiger partial charge in [0.2, 0.25) is 0 Å². The van der Waals surface area contributed by atoms with Crippen molar-refractivity contribution >= 4 is 0 Å². The second-order valence-electron chi connectivity index (χ2n) is 10.5. The molecule has 1 saturated heterocycles. The molecule has 3 aromatic rings. The number of benzene rings is 3. The summed E-state index contributed by atoms with van der Waals surface area (Å²) in [7, 11) is 1.69. The number of hydrogen-bond donors (Lipinski definition) is 1. The first-order chi connectivity index (χ1) is 20.1. The van der Waals surface area contributed by atoms with Crippen LogP contribution in [0.3, 0.4) is 0 Å². The van der Waals surface area contributed by atoms with Crippen LogP contribution in [0.15, 0.2) is 91.0 Å². The molecule has 1 aliphatic heterocycles. The molecular formula is C34H44O7. The second kappa shape index (κ2) is 16.7. The van der Waals surface area contributed by atoms with E-state index in [4.69, 9.17) is 28.4 Å². The van der Waals surface area contributed by atoms with E-state index in [2.05, 4.69) is 13.8 Å². The van der Waals surface area contributed by atoms with Gasteiger partial charge in [-0.3, -0.25) is 0 Å². The van der Waals surface area contributed by atoms with Crippen LogP contribution in [-0.4, -0.2) is 62.2 Å². The van der Waals surface area contributed by atoms with Crippen molar-refractivity contribution in [2.24, 2.45) is 5.92 Å². The Hall–Kier alpha value is -2.62. The van der Waals surface area contributed by atoms with Crippen LogP contribution in [0.1, 0.15) is 37.0 Å². The quantitative estimate of drug-likeness (QED) is 0.231. The first kappa shape index (κ1) is 31.3. The number of aliphatic hydroxyl groups is 1. The fourth-order valence-corrected chi connectivity index (χ4v) is 5.22. The molecule has 0 amide bonds. The lowest BCUT2D eigenvalue weighted by molar-refractivity contribution is -0.217. The molecule has 7 nitrogen and oxygen atoms in total. The summed E-state index contributed by atoms with van der Waals surface area (Å²) < 4.78 is 37.6. The maximum atomic E-state index is 10.5. The van der Waals surface area contributed by atoms with E-state index < -0.39 is 24.6 Å². The van der Waals surface area contributed by atoms with Gasteiger partial charge < -0.3 is 33.5 Å². The minimum absolute atomic E-state index is 0.0539. The summed E-state index contributed by atoms with van der Waals surface area (Å²) in [5.74, 6) is 0.197. The van der Waals surface area contributed by atoms with Gasteiger partial charge in [0.1, 0.15) is 24.4 Å². The van der Waals surface area contributed by atoms with Crippen LogP contribution >= 0.6 is 0 Å². The molecule has 0 bridgehead atoms. The average Bonchev–Trinajstić information content (AvgIpc) is 3.34. The summed E-state index contributed by atoms with van der Waals surface area (Å²) in [6.07, 6.45) is -1.65. The Morgan fingerprint density at radius 2 is 1.22 bits per heavy atom. The van der Waals surface area contributed by atoms with Crippen molar-refractivity contribution in [2.45, 2.75) is 76.9 Å². The van der Waals surface area contributed by atoms with Gasteiger partial charge in [-0.1, -0.05) is 105 Å². The zero-order valence-corrected chi connectivity index (χ0v) is 24.3. The molecule has 0 spiro atoms. The first-order valence-corrected chi connectivity index (χ1v) is 14.5. The molecule has 3 aromatic carbocycles. The highest BCUT2D eigenvalue weighted by Gasteiger charge is 2.43. The molecular weight excluding hydrogens is 520 g/mol. The largest absolute Gasteiger partial charge is 0.394 e. The third kappa shape index (κ3) is 9.18. The number of rotatable bonds is 17. The molecule has 4 rings (SSSR count). The Bertz CT molecular complexity index is 1100. The van der Waals surface area contributed by atoms with Gasteiger partial charge in [0, 0.05) is 13.0 Å². The molecule has 1 N–H and O–H groups in total. The third-order valence-electron chi connectivity index (χ3n) is 7.59. The molecule has 222 valence electrons. The van der Waals surface area contributed by atoms with E-state index in [1.165, 1.54) is 0 Å². The summed E-state index contributed by atoms with van der Waals surface area (Å²) in [5, 5.41) is 10.5. The maximum Gasteiger partial charge on any atom is 0.184 e. The highest BCUT2D eigenvalue weighted by molar-refractivity contribution is 5.15. The Kier molecular flexibility index (Phi) is 12.8. The standard InChI is InChI=1S/C34H44O7/c1-4-29-25(2)32(36-3)34(41-29)40-24-31(38-22-27-16-10-6-11-17-27)33(39-23-28-18-12-7-13-19-28)30(20-35)37-21-26-14-8-5-9-15-26/h5-19,25,29-35H,4,20-24H2,1-3H3/t25?,29-,30?,31?,32+,33?,34-/m1/s1.